The number of halogens is 1. The number of thioether (sulfide) groups is 1. The standard InChI is InChI=1S/C31H36ClN5O4S/c1-3-4-18-40-29(39)27-21(2)33-30-34-31(42-20-23-10-6-7-11-25(23)32)35-37(30)28(27)22-12-14-24(15-13-22)41-19-26(38)36-16-8-5-9-17-36/h6-7,10-15,28H,3-5,8-9,16-20H2,1-2H3,(H,33,34,35). The number of nitrogens with zero attached hydrogens (tertiary/aromatic N) is 4. The zero-order valence-electron chi connectivity index (χ0n) is 24.0. The summed E-state index contributed by atoms with van der Waals surface area (Å²) in [4.78, 5) is 32.5. The Hall–Kier alpha value is -3.50. The molecule has 0 radical (unpaired) electrons. The molecule has 3 heterocycles. The third-order valence-electron chi connectivity index (χ3n) is 7.37. The summed E-state index contributed by atoms with van der Waals surface area (Å²) in [5, 5.41) is 9.29. The topological polar surface area (TPSA) is 98.6 Å². The molecule has 9 nitrogen and oxygen atoms in total. The third kappa shape index (κ3) is 7.10. The highest BCUT2D eigenvalue weighted by molar-refractivity contribution is 7.98. The number of hydrogen-bond donors (Lipinski definition) is 1. The maximum atomic E-state index is 13.4. The van der Waals surface area contributed by atoms with E-state index in [9.17, 15) is 9.59 Å². The third-order valence-corrected chi connectivity index (χ3v) is 8.62. The van der Waals surface area contributed by atoms with Crippen LogP contribution in [0, 0.1) is 0 Å². The number of anilines is 1. The smallest absolute Gasteiger partial charge is 0.338 e. The summed E-state index contributed by atoms with van der Waals surface area (Å²) < 4.78 is 13.2. The molecule has 1 N–H and O–H groups in total. The van der Waals surface area contributed by atoms with Crippen LogP contribution in [0.2, 0.25) is 5.02 Å². The summed E-state index contributed by atoms with van der Waals surface area (Å²) in [6.07, 6.45) is 4.96. The predicted molar refractivity (Wildman–Crippen MR) is 164 cm³/mol. The van der Waals surface area contributed by atoms with Crippen molar-refractivity contribution in [3.8, 4) is 5.75 Å². The summed E-state index contributed by atoms with van der Waals surface area (Å²) in [6, 6.07) is 14.6. The fraction of sp³-hybridized carbons (Fsp3) is 0.419. The number of carbonyl (C=O) groups is 2. The summed E-state index contributed by atoms with van der Waals surface area (Å²) in [5.41, 5.74) is 2.95. The Bertz CT molecular complexity index is 1440. The Morgan fingerprint density at radius 1 is 1.10 bits per heavy atom. The first-order chi connectivity index (χ1) is 20.4. The highest BCUT2D eigenvalue weighted by Gasteiger charge is 2.35. The minimum Gasteiger partial charge on any atom is -0.484 e. The molecule has 0 saturated carbocycles. The van der Waals surface area contributed by atoms with Crippen LogP contribution in [0.5, 0.6) is 5.75 Å². The van der Waals surface area contributed by atoms with E-state index in [1.54, 1.807) is 4.68 Å². The van der Waals surface area contributed by atoms with Crippen LogP contribution in [0.3, 0.4) is 0 Å². The van der Waals surface area contributed by atoms with Gasteiger partial charge in [-0.1, -0.05) is 67.0 Å². The van der Waals surface area contributed by atoms with Crippen molar-refractivity contribution in [1.29, 1.82) is 0 Å². The van der Waals surface area contributed by atoms with E-state index in [2.05, 4.69) is 12.2 Å². The molecule has 1 saturated heterocycles. The van der Waals surface area contributed by atoms with Gasteiger partial charge >= 0.3 is 5.97 Å². The average molecular weight is 610 g/mol. The van der Waals surface area contributed by atoms with Crippen molar-refractivity contribution in [3.63, 3.8) is 0 Å². The van der Waals surface area contributed by atoms with E-state index in [0.29, 0.717) is 45.5 Å². The van der Waals surface area contributed by atoms with Gasteiger partial charge in [0.15, 0.2) is 6.61 Å². The molecule has 1 amide bonds. The normalized spacial score (nSPS) is 16.5. The number of benzene rings is 2. The number of fused-ring (bicyclic) bond motifs is 1. The van der Waals surface area contributed by atoms with E-state index < -0.39 is 12.0 Å². The van der Waals surface area contributed by atoms with Gasteiger partial charge < -0.3 is 19.7 Å². The minimum atomic E-state index is -0.554. The summed E-state index contributed by atoms with van der Waals surface area (Å²) in [5.74, 6) is 1.34. The Morgan fingerprint density at radius 2 is 1.86 bits per heavy atom. The number of aromatic nitrogens is 3. The van der Waals surface area contributed by atoms with Crippen molar-refractivity contribution in [2.75, 3.05) is 31.6 Å². The van der Waals surface area contributed by atoms with Gasteiger partial charge in [0, 0.05) is 29.6 Å². The predicted octanol–water partition coefficient (Wildman–Crippen LogP) is 6.25. The van der Waals surface area contributed by atoms with Crippen LogP contribution in [0.15, 0.2) is 65.0 Å². The number of piperidine rings is 1. The van der Waals surface area contributed by atoms with Crippen molar-refractivity contribution in [2.45, 2.75) is 62.9 Å². The number of esters is 1. The lowest BCUT2D eigenvalue weighted by molar-refractivity contribution is -0.139. The molecule has 1 fully saturated rings. The van der Waals surface area contributed by atoms with Gasteiger partial charge in [-0.2, -0.15) is 4.98 Å². The molecule has 2 aliphatic heterocycles. The van der Waals surface area contributed by atoms with Crippen molar-refractivity contribution < 1.29 is 19.1 Å². The number of likely N-dealkylation sites (tertiary alicyclic amines) is 1. The lowest BCUT2D eigenvalue weighted by Gasteiger charge is -2.28. The van der Waals surface area contributed by atoms with Gasteiger partial charge in [-0.25, -0.2) is 9.48 Å². The molecule has 222 valence electrons. The van der Waals surface area contributed by atoms with Gasteiger partial charge in [-0.15, -0.1) is 5.10 Å². The van der Waals surface area contributed by atoms with Crippen LogP contribution < -0.4 is 10.1 Å². The van der Waals surface area contributed by atoms with Crippen LogP contribution in [0.25, 0.3) is 0 Å². The molecule has 0 aliphatic carbocycles. The van der Waals surface area contributed by atoms with Gasteiger partial charge in [-0.3, -0.25) is 4.79 Å². The molecule has 42 heavy (non-hydrogen) atoms. The van der Waals surface area contributed by atoms with Crippen molar-refractivity contribution in [3.05, 3.63) is 76.0 Å². The number of nitrogens with one attached hydrogen (secondary N) is 1. The van der Waals surface area contributed by atoms with Crippen molar-refractivity contribution in [1.82, 2.24) is 19.7 Å². The van der Waals surface area contributed by atoms with Crippen LogP contribution in [0.4, 0.5) is 5.95 Å². The largest absolute Gasteiger partial charge is 0.484 e. The number of rotatable bonds is 11. The zero-order valence-corrected chi connectivity index (χ0v) is 25.5. The highest BCUT2D eigenvalue weighted by atomic mass is 35.5. The summed E-state index contributed by atoms with van der Waals surface area (Å²) in [6.45, 7) is 5.83. The second-order valence-corrected chi connectivity index (χ2v) is 11.7. The van der Waals surface area contributed by atoms with Gasteiger partial charge in [0.05, 0.1) is 12.2 Å². The van der Waals surface area contributed by atoms with E-state index in [1.165, 1.54) is 18.2 Å². The SMILES string of the molecule is CCCCOC(=O)C1=C(C)Nc2nc(SCc3ccccc3Cl)nn2C1c1ccc(OCC(=O)N2CCCCC2)cc1. The first-order valence-electron chi connectivity index (χ1n) is 14.4. The van der Waals surface area contributed by atoms with Crippen LogP contribution >= 0.6 is 23.4 Å². The van der Waals surface area contributed by atoms with Gasteiger partial charge in [0.1, 0.15) is 11.8 Å². The molecule has 5 rings (SSSR count). The van der Waals surface area contributed by atoms with Crippen molar-refractivity contribution in [2.24, 2.45) is 0 Å². The quantitative estimate of drug-likeness (QED) is 0.155. The zero-order chi connectivity index (χ0) is 29.5. The van der Waals surface area contributed by atoms with E-state index in [0.717, 1.165) is 49.9 Å². The van der Waals surface area contributed by atoms with Gasteiger partial charge in [0.2, 0.25) is 11.1 Å². The average Bonchev–Trinajstić information content (AvgIpc) is 3.42. The number of hydrogen-bond acceptors (Lipinski definition) is 8. The second-order valence-electron chi connectivity index (χ2n) is 10.4. The van der Waals surface area contributed by atoms with Gasteiger partial charge in [-0.05, 0) is 61.9 Å². The monoisotopic (exact) mass is 609 g/mol. The number of amides is 1. The van der Waals surface area contributed by atoms with E-state index in [1.807, 2.05) is 60.4 Å². The highest BCUT2D eigenvalue weighted by Crippen LogP contribution is 2.38. The Morgan fingerprint density at radius 3 is 2.60 bits per heavy atom. The molecule has 1 aromatic heterocycles. The lowest BCUT2D eigenvalue weighted by Crippen LogP contribution is -2.38. The maximum absolute atomic E-state index is 13.4. The molecule has 1 atom stereocenters. The van der Waals surface area contributed by atoms with Crippen LogP contribution in [-0.2, 0) is 20.1 Å². The molecular formula is C31H36ClN5O4S. The molecule has 0 spiro atoms. The molecule has 2 aliphatic rings. The first kappa shape index (κ1) is 30.0. The Balaban J connectivity index is 1.37. The lowest BCUT2D eigenvalue weighted by atomic mass is 9.96. The fourth-order valence-corrected chi connectivity index (χ4v) is 6.15. The number of carbonyl (C=O) groups excluding carboxylic acids is 2. The number of allylic oxidation sites excluding steroid dienone is 1. The van der Waals surface area contributed by atoms with Crippen LogP contribution in [0.1, 0.15) is 63.1 Å². The molecular weight excluding hydrogens is 574 g/mol. The molecule has 11 heteroatoms. The second kappa shape index (κ2) is 14.1. The molecule has 0 bridgehead atoms. The summed E-state index contributed by atoms with van der Waals surface area (Å²) in [7, 11) is 0. The maximum Gasteiger partial charge on any atom is 0.338 e. The van der Waals surface area contributed by atoms with E-state index in [-0.39, 0.29) is 12.5 Å². The van der Waals surface area contributed by atoms with Gasteiger partial charge in [0.25, 0.3) is 5.91 Å². The van der Waals surface area contributed by atoms with Crippen LogP contribution in [-0.4, -0.2) is 57.8 Å². The molecule has 2 aromatic carbocycles. The molecule has 3 aromatic rings. The first-order valence-corrected chi connectivity index (χ1v) is 15.8. The number of ether oxygens (including phenoxy) is 2. The number of unbranched alkanes of at least 4 members (excludes halogenated alkanes) is 1. The molecule has 1 unspecified atom stereocenters. The minimum absolute atomic E-state index is 0.0000507. The van der Waals surface area contributed by atoms with Crippen molar-refractivity contribution >= 4 is 41.2 Å². The Kier molecular flexibility index (Phi) is 10.1. The summed E-state index contributed by atoms with van der Waals surface area (Å²) >= 11 is 7.82. The fourth-order valence-electron chi connectivity index (χ4n) is 5.04. The Labute approximate surface area is 255 Å². The van der Waals surface area contributed by atoms with E-state index >= 15 is 0 Å². The van der Waals surface area contributed by atoms with E-state index in [4.69, 9.17) is 31.2 Å².